The van der Waals surface area contributed by atoms with E-state index in [1.807, 2.05) is 25.1 Å². The van der Waals surface area contributed by atoms with Crippen molar-refractivity contribution in [3.8, 4) is 5.75 Å². The van der Waals surface area contributed by atoms with Crippen LogP contribution in [0, 0.1) is 12.7 Å². The van der Waals surface area contributed by atoms with E-state index in [1.54, 1.807) is 30.1 Å². The summed E-state index contributed by atoms with van der Waals surface area (Å²) in [4.78, 5) is 14.0. The molecule has 0 aliphatic carbocycles. The maximum Gasteiger partial charge on any atom is 0.254 e. The Balaban J connectivity index is 2.14. The van der Waals surface area contributed by atoms with Crippen molar-refractivity contribution in [1.82, 2.24) is 4.90 Å². The van der Waals surface area contributed by atoms with E-state index < -0.39 is 5.82 Å². The largest absolute Gasteiger partial charge is 0.494 e. The summed E-state index contributed by atoms with van der Waals surface area (Å²) in [7, 11) is 3.13. The Morgan fingerprint density at radius 3 is 2.57 bits per heavy atom. The monoisotopic (exact) mass is 287 g/mol. The first-order valence-corrected chi connectivity index (χ1v) is 6.66. The highest BCUT2D eigenvalue weighted by Gasteiger charge is 2.14. The minimum atomic E-state index is -0.424. The lowest BCUT2D eigenvalue weighted by atomic mass is 10.1. The molecule has 0 heterocycles. The molecule has 0 aliphatic rings. The Morgan fingerprint density at radius 2 is 1.95 bits per heavy atom. The van der Waals surface area contributed by atoms with E-state index in [2.05, 4.69) is 0 Å². The highest BCUT2D eigenvalue weighted by Crippen LogP contribution is 2.19. The van der Waals surface area contributed by atoms with Crippen molar-refractivity contribution in [1.29, 1.82) is 0 Å². The fourth-order valence-electron chi connectivity index (χ4n) is 2.17. The Hall–Kier alpha value is -2.36. The number of rotatable bonds is 4. The number of aryl methyl sites for hydroxylation is 1. The second kappa shape index (κ2) is 6.39. The van der Waals surface area contributed by atoms with Crippen LogP contribution in [0.5, 0.6) is 5.75 Å². The molecule has 110 valence electrons. The van der Waals surface area contributed by atoms with E-state index in [4.69, 9.17) is 4.74 Å². The lowest BCUT2D eigenvalue weighted by Gasteiger charge is -2.18. The number of ether oxygens (including phenoxy) is 1. The number of amides is 1. The molecule has 2 aromatic carbocycles. The lowest BCUT2D eigenvalue weighted by Crippen LogP contribution is -2.26. The third-order valence-corrected chi connectivity index (χ3v) is 3.36. The lowest BCUT2D eigenvalue weighted by molar-refractivity contribution is 0.0784. The fourth-order valence-corrected chi connectivity index (χ4v) is 2.17. The molecular formula is C17H18FNO2. The van der Waals surface area contributed by atoms with E-state index in [-0.39, 0.29) is 11.7 Å². The zero-order chi connectivity index (χ0) is 15.4. The highest BCUT2D eigenvalue weighted by molar-refractivity contribution is 5.95. The Morgan fingerprint density at radius 1 is 1.24 bits per heavy atom. The summed E-state index contributed by atoms with van der Waals surface area (Å²) in [5.41, 5.74) is 2.31. The minimum Gasteiger partial charge on any atom is -0.494 e. The number of carbonyl (C=O) groups excluding carboxylic acids is 1. The summed E-state index contributed by atoms with van der Waals surface area (Å²) < 4.78 is 18.5. The van der Waals surface area contributed by atoms with Gasteiger partial charge in [0.15, 0.2) is 11.6 Å². The quantitative estimate of drug-likeness (QED) is 0.862. The Bertz CT molecular complexity index is 655. The van der Waals surface area contributed by atoms with Gasteiger partial charge in [-0.3, -0.25) is 4.79 Å². The number of nitrogens with zero attached hydrogens (tertiary/aromatic N) is 1. The molecule has 0 unspecified atom stereocenters. The Kier molecular flexibility index (Phi) is 4.58. The predicted molar refractivity (Wildman–Crippen MR) is 79.9 cm³/mol. The van der Waals surface area contributed by atoms with Gasteiger partial charge in [0.25, 0.3) is 5.91 Å². The fraction of sp³-hybridized carbons (Fsp3) is 0.235. The molecule has 0 aliphatic heterocycles. The number of hydrogen-bond donors (Lipinski definition) is 0. The molecule has 2 rings (SSSR count). The van der Waals surface area contributed by atoms with Crippen LogP contribution in [0.4, 0.5) is 4.39 Å². The number of halogens is 1. The van der Waals surface area contributed by atoms with E-state index >= 15 is 0 Å². The third-order valence-electron chi connectivity index (χ3n) is 3.36. The van der Waals surface area contributed by atoms with E-state index in [0.717, 1.165) is 11.1 Å². The second-order valence-corrected chi connectivity index (χ2v) is 4.95. The van der Waals surface area contributed by atoms with Crippen molar-refractivity contribution in [2.45, 2.75) is 13.5 Å². The summed E-state index contributed by atoms with van der Waals surface area (Å²) in [6, 6.07) is 12.1. The second-order valence-electron chi connectivity index (χ2n) is 4.95. The van der Waals surface area contributed by atoms with Crippen LogP contribution in [0.25, 0.3) is 0 Å². The third kappa shape index (κ3) is 3.40. The average molecular weight is 287 g/mol. The van der Waals surface area contributed by atoms with Gasteiger partial charge in [0, 0.05) is 19.2 Å². The maximum absolute atomic E-state index is 13.7. The summed E-state index contributed by atoms with van der Waals surface area (Å²) in [6.07, 6.45) is 0. The Labute approximate surface area is 124 Å². The molecular weight excluding hydrogens is 269 g/mol. The molecule has 0 spiro atoms. The van der Waals surface area contributed by atoms with Crippen molar-refractivity contribution in [3.63, 3.8) is 0 Å². The molecule has 3 nitrogen and oxygen atoms in total. The molecule has 0 atom stereocenters. The summed E-state index contributed by atoms with van der Waals surface area (Å²) in [5.74, 6) is -0.303. The molecule has 0 aromatic heterocycles. The van der Waals surface area contributed by atoms with Gasteiger partial charge < -0.3 is 9.64 Å². The molecule has 0 saturated carbocycles. The molecule has 0 fully saturated rings. The number of methoxy groups -OCH3 is 1. The van der Waals surface area contributed by atoms with Crippen LogP contribution < -0.4 is 4.74 Å². The number of carbonyl (C=O) groups is 1. The van der Waals surface area contributed by atoms with Gasteiger partial charge in [-0.25, -0.2) is 4.39 Å². The predicted octanol–water partition coefficient (Wildman–Crippen LogP) is 3.41. The minimum absolute atomic E-state index is 0.0793. The van der Waals surface area contributed by atoms with Gasteiger partial charge in [-0.15, -0.1) is 0 Å². The van der Waals surface area contributed by atoms with Crippen LogP contribution in [0.2, 0.25) is 0 Å². The average Bonchev–Trinajstić information content (AvgIpc) is 2.47. The van der Waals surface area contributed by atoms with Crippen LogP contribution >= 0.6 is 0 Å². The maximum atomic E-state index is 13.7. The van der Waals surface area contributed by atoms with Gasteiger partial charge in [-0.2, -0.15) is 0 Å². The SMILES string of the molecule is COc1ccc(CN(C)C(=O)c2ccccc2C)cc1F. The molecule has 21 heavy (non-hydrogen) atoms. The molecule has 0 N–H and O–H groups in total. The van der Waals surface area contributed by atoms with Crippen LogP contribution in [0.3, 0.4) is 0 Å². The van der Waals surface area contributed by atoms with Gasteiger partial charge in [-0.1, -0.05) is 24.3 Å². The van der Waals surface area contributed by atoms with E-state index in [0.29, 0.717) is 12.1 Å². The topological polar surface area (TPSA) is 29.5 Å². The zero-order valence-corrected chi connectivity index (χ0v) is 12.4. The first-order chi connectivity index (χ1) is 10.0. The molecule has 0 saturated heterocycles. The molecule has 0 radical (unpaired) electrons. The van der Waals surface area contributed by atoms with Crippen LogP contribution in [0.1, 0.15) is 21.5 Å². The normalized spacial score (nSPS) is 10.3. The van der Waals surface area contributed by atoms with Gasteiger partial charge in [0.05, 0.1) is 7.11 Å². The first kappa shape index (κ1) is 15.0. The molecule has 1 amide bonds. The van der Waals surface area contributed by atoms with Crippen LogP contribution in [-0.2, 0) is 6.54 Å². The highest BCUT2D eigenvalue weighted by atomic mass is 19.1. The zero-order valence-electron chi connectivity index (χ0n) is 12.4. The van der Waals surface area contributed by atoms with Gasteiger partial charge in [0.2, 0.25) is 0 Å². The van der Waals surface area contributed by atoms with E-state index in [1.165, 1.54) is 13.2 Å². The molecule has 4 heteroatoms. The summed E-state index contributed by atoms with van der Waals surface area (Å²) in [5, 5.41) is 0. The standard InChI is InChI=1S/C17H18FNO2/c1-12-6-4-5-7-14(12)17(20)19(2)11-13-8-9-16(21-3)15(18)10-13/h4-10H,11H2,1-3H3. The summed E-state index contributed by atoms with van der Waals surface area (Å²) >= 11 is 0. The summed E-state index contributed by atoms with van der Waals surface area (Å²) in [6.45, 7) is 2.24. The van der Waals surface area contributed by atoms with Crippen molar-refractivity contribution < 1.29 is 13.9 Å². The van der Waals surface area contributed by atoms with Crippen molar-refractivity contribution in [3.05, 3.63) is 65.0 Å². The molecule has 2 aromatic rings. The van der Waals surface area contributed by atoms with Gasteiger partial charge in [-0.05, 0) is 36.2 Å². The first-order valence-electron chi connectivity index (χ1n) is 6.66. The van der Waals surface area contributed by atoms with E-state index in [9.17, 15) is 9.18 Å². The van der Waals surface area contributed by atoms with Crippen molar-refractivity contribution >= 4 is 5.91 Å². The van der Waals surface area contributed by atoms with Crippen molar-refractivity contribution in [2.75, 3.05) is 14.2 Å². The number of benzene rings is 2. The molecule has 0 bridgehead atoms. The van der Waals surface area contributed by atoms with Crippen molar-refractivity contribution in [2.24, 2.45) is 0 Å². The van der Waals surface area contributed by atoms with Gasteiger partial charge >= 0.3 is 0 Å². The van der Waals surface area contributed by atoms with Gasteiger partial charge in [0.1, 0.15) is 0 Å². The van der Waals surface area contributed by atoms with Crippen LogP contribution in [-0.4, -0.2) is 25.0 Å². The number of hydrogen-bond acceptors (Lipinski definition) is 2. The smallest absolute Gasteiger partial charge is 0.254 e. The van der Waals surface area contributed by atoms with Crippen LogP contribution in [0.15, 0.2) is 42.5 Å².